The summed E-state index contributed by atoms with van der Waals surface area (Å²) in [4.78, 5) is 13.3. The Labute approximate surface area is 208 Å². The van der Waals surface area contributed by atoms with Crippen LogP contribution in [0.3, 0.4) is 0 Å². The number of fused-ring (bicyclic) bond motifs is 1. The van der Waals surface area contributed by atoms with Gasteiger partial charge in [-0.1, -0.05) is 115 Å². The number of hydrogen-bond donors (Lipinski definition) is 2. The molecule has 4 rings (SSSR count). The predicted octanol–water partition coefficient (Wildman–Crippen LogP) is 6.98. The fourth-order valence-electron chi connectivity index (χ4n) is 4.38. The summed E-state index contributed by atoms with van der Waals surface area (Å²) < 4.78 is 0. The highest BCUT2D eigenvalue weighted by atomic mass is 16.2. The van der Waals surface area contributed by atoms with Crippen molar-refractivity contribution >= 4 is 16.7 Å². The lowest BCUT2D eigenvalue weighted by atomic mass is 9.90. The molecule has 0 aromatic heterocycles. The molecule has 0 aliphatic carbocycles. The van der Waals surface area contributed by atoms with Crippen LogP contribution in [0.1, 0.15) is 49.5 Å². The Kier molecular flexibility index (Phi) is 7.79. The molecule has 2 N–H and O–H groups in total. The standard InChI is InChI=1S/C32H34N2O/c1-24(28-21-12-19-25-14-10-11-20-29(25)28)33-23-13-22-32(2,3)31(35)34-30(26-15-6-4-7-16-26)27-17-8-5-9-18-27/h4-22,24,30,33H,23H2,1-3H3,(H,34,35)/b22-13+/t24-/m1/s1. The molecular weight excluding hydrogens is 428 g/mol. The van der Waals surface area contributed by atoms with E-state index in [1.54, 1.807) is 0 Å². The molecule has 3 heteroatoms. The van der Waals surface area contributed by atoms with Crippen molar-refractivity contribution in [1.82, 2.24) is 10.6 Å². The highest BCUT2D eigenvalue weighted by molar-refractivity contribution is 5.86. The average molecular weight is 463 g/mol. The first-order valence-electron chi connectivity index (χ1n) is 12.3. The molecule has 0 saturated carbocycles. The summed E-state index contributed by atoms with van der Waals surface area (Å²) in [5.74, 6) is -0.00596. The van der Waals surface area contributed by atoms with Gasteiger partial charge in [-0.25, -0.2) is 0 Å². The quantitative estimate of drug-likeness (QED) is 0.264. The third kappa shape index (κ3) is 6.06. The normalized spacial score (nSPS) is 12.8. The maximum Gasteiger partial charge on any atom is 0.230 e. The van der Waals surface area contributed by atoms with Crippen LogP contribution in [0, 0.1) is 5.41 Å². The van der Waals surface area contributed by atoms with Crippen molar-refractivity contribution in [3.63, 3.8) is 0 Å². The van der Waals surface area contributed by atoms with Crippen LogP contribution in [0.15, 0.2) is 115 Å². The van der Waals surface area contributed by atoms with E-state index in [4.69, 9.17) is 0 Å². The van der Waals surface area contributed by atoms with Gasteiger partial charge in [0, 0.05) is 12.6 Å². The summed E-state index contributed by atoms with van der Waals surface area (Å²) in [6.07, 6.45) is 4.06. The second-order valence-electron chi connectivity index (χ2n) is 9.55. The molecule has 0 heterocycles. The Hall–Kier alpha value is -3.69. The zero-order chi connectivity index (χ0) is 24.7. The minimum atomic E-state index is -0.647. The first-order valence-corrected chi connectivity index (χ1v) is 12.3. The van der Waals surface area contributed by atoms with Crippen molar-refractivity contribution in [3.8, 4) is 0 Å². The van der Waals surface area contributed by atoms with Gasteiger partial charge >= 0.3 is 0 Å². The molecule has 0 unspecified atom stereocenters. The van der Waals surface area contributed by atoms with Crippen molar-refractivity contribution in [2.24, 2.45) is 5.41 Å². The Morgan fingerprint density at radius 3 is 2.03 bits per heavy atom. The zero-order valence-corrected chi connectivity index (χ0v) is 20.7. The fraction of sp³-hybridized carbons (Fsp3) is 0.219. The maximum atomic E-state index is 13.3. The monoisotopic (exact) mass is 462 g/mol. The smallest absolute Gasteiger partial charge is 0.230 e. The molecule has 178 valence electrons. The van der Waals surface area contributed by atoms with Gasteiger partial charge in [0.25, 0.3) is 0 Å². The molecule has 0 saturated heterocycles. The minimum absolute atomic E-state index is 0.00596. The number of hydrogen-bond acceptors (Lipinski definition) is 2. The molecule has 0 aliphatic rings. The molecule has 3 nitrogen and oxygen atoms in total. The van der Waals surface area contributed by atoms with Crippen LogP contribution in [0.5, 0.6) is 0 Å². The number of nitrogens with one attached hydrogen (secondary N) is 2. The third-order valence-corrected chi connectivity index (χ3v) is 6.49. The zero-order valence-electron chi connectivity index (χ0n) is 20.7. The van der Waals surface area contributed by atoms with Crippen LogP contribution in [0.25, 0.3) is 10.8 Å². The number of amides is 1. The number of benzene rings is 4. The maximum absolute atomic E-state index is 13.3. The van der Waals surface area contributed by atoms with Crippen LogP contribution < -0.4 is 10.6 Å². The summed E-state index contributed by atoms with van der Waals surface area (Å²) in [6.45, 7) is 6.78. The Morgan fingerprint density at radius 2 is 1.37 bits per heavy atom. The minimum Gasteiger partial charge on any atom is -0.344 e. The highest BCUT2D eigenvalue weighted by Crippen LogP contribution is 2.26. The molecule has 4 aromatic carbocycles. The van der Waals surface area contributed by atoms with Crippen LogP contribution in [-0.4, -0.2) is 12.5 Å². The van der Waals surface area contributed by atoms with E-state index in [-0.39, 0.29) is 18.0 Å². The Balaban J connectivity index is 1.41. The largest absolute Gasteiger partial charge is 0.344 e. The van der Waals surface area contributed by atoms with Crippen LogP contribution in [-0.2, 0) is 4.79 Å². The molecule has 0 bridgehead atoms. The second kappa shape index (κ2) is 11.2. The molecule has 0 aliphatic heterocycles. The molecule has 1 amide bonds. The van der Waals surface area contributed by atoms with E-state index in [1.165, 1.54) is 16.3 Å². The summed E-state index contributed by atoms with van der Waals surface area (Å²) in [6, 6.07) is 35.1. The van der Waals surface area contributed by atoms with Crippen LogP contribution in [0.4, 0.5) is 0 Å². The van der Waals surface area contributed by atoms with Gasteiger partial charge in [-0.2, -0.15) is 0 Å². The Bertz CT molecular complexity index is 1230. The number of carbonyl (C=O) groups excluding carboxylic acids is 1. The first-order chi connectivity index (χ1) is 17.0. The molecular formula is C32H34N2O. The molecule has 0 spiro atoms. The molecule has 0 fully saturated rings. The van der Waals surface area contributed by atoms with Gasteiger partial charge in [-0.05, 0) is 48.2 Å². The van der Waals surface area contributed by atoms with E-state index in [0.717, 1.165) is 11.1 Å². The molecule has 4 aromatic rings. The number of carbonyl (C=O) groups is 1. The number of rotatable bonds is 9. The van der Waals surface area contributed by atoms with E-state index in [9.17, 15) is 4.79 Å². The van der Waals surface area contributed by atoms with Gasteiger partial charge in [-0.3, -0.25) is 4.79 Å². The topological polar surface area (TPSA) is 41.1 Å². The lowest BCUT2D eigenvalue weighted by Crippen LogP contribution is -2.38. The van der Waals surface area contributed by atoms with E-state index < -0.39 is 5.41 Å². The van der Waals surface area contributed by atoms with Crippen molar-refractivity contribution in [1.29, 1.82) is 0 Å². The summed E-state index contributed by atoms with van der Waals surface area (Å²) >= 11 is 0. The van der Waals surface area contributed by atoms with Gasteiger partial charge in [0.05, 0.1) is 11.5 Å². The fourth-order valence-corrected chi connectivity index (χ4v) is 4.38. The first kappa shape index (κ1) is 24.4. The molecule has 1 atom stereocenters. The average Bonchev–Trinajstić information content (AvgIpc) is 2.90. The lowest BCUT2D eigenvalue weighted by Gasteiger charge is -2.26. The second-order valence-corrected chi connectivity index (χ2v) is 9.55. The Morgan fingerprint density at radius 1 is 0.800 bits per heavy atom. The summed E-state index contributed by atoms with van der Waals surface area (Å²) in [5.41, 5.74) is 2.77. The van der Waals surface area contributed by atoms with Crippen molar-refractivity contribution in [3.05, 3.63) is 132 Å². The van der Waals surface area contributed by atoms with E-state index in [2.05, 4.69) is 90.4 Å². The van der Waals surface area contributed by atoms with Gasteiger partial charge < -0.3 is 10.6 Å². The van der Waals surface area contributed by atoms with Crippen molar-refractivity contribution < 1.29 is 4.79 Å². The van der Waals surface area contributed by atoms with Gasteiger partial charge in [-0.15, -0.1) is 0 Å². The molecule has 35 heavy (non-hydrogen) atoms. The summed E-state index contributed by atoms with van der Waals surface area (Å²) in [5, 5.41) is 9.37. The third-order valence-electron chi connectivity index (χ3n) is 6.49. The van der Waals surface area contributed by atoms with Gasteiger partial charge in [0.15, 0.2) is 0 Å². The van der Waals surface area contributed by atoms with Gasteiger partial charge in [0.2, 0.25) is 5.91 Å². The van der Waals surface area contributed by atoms with E-state index >= 15 is 0 Å². The highest BCUT2D eigenvalue weighted by Gasteiger charge is 2.27. The van der Waals surface area contributed by atoms with Gasteiger partial charge in [0.1, 0.15) is 0 Å². The lowest BCUT2D eigenvalue weighted by molar-refractivity contribution is -0.127. The summed E-state index contributed by atoms with van der Waals surface area (Å²) in [7, 11) is 0. The van der Waals surface area contributed by atoms with Crippen LogP contribution in [0.2, 0.25) is 0 Å². The SMILES string of the molecule is C[C@@H](NC/C=C/C(C)(C)C(=O)NC(c1ccccc1)c1ccccc1)c1cccc2ccccc12. The predicted molar refractivity (Wildman–Crippen MR) is 146 cm³/mol. The van der Waals surface area contributed by atoms with Crippen molar-refractivity contribution in [2.45, 2.75) is 32.9 Å². The van der Waals surface area contributed by atoms with E-state index in [1.807, 2.05) is 56.3 Å². The van der Waals surface area contributed by atoms with E-state index in [0.29, 0.717) is 6.54 Å². The van der Waals surface area contributed by atoms with Crippen LogP contribution >= 0.6 is 0 Å². The van der Waals surface area contributed by atoms with Crippen molar-refractivity contribution in [2.75, 3.05) is 6.54 Å². The molecule has 0 radical (unpaired) electrons.